The van der Waals surface area contributed by atoms with Gasteiger partial charge in [-0.1, -0.05) is 12.1 Å². The third-order valence-corrected chi connectivity index (χ3v) is 4.69. The van der Waals surface area contributed by atoms with E-state index in [0.29, 0.717) is 23.9 Å². The minimum Gasteiger partial charge on any atom is -0.491 e. The average molecular weight is 362 g/mol. The zero-order chi connectivity index (χ0) is 18.4. The van der Waals surface area contributed by atoms with Crippen LogP contribution in [0.25, 0.3) is 0 Å². The van der Waals surface area contributed by atoms with Gasteiger partial charge in [0.1, 0.15) is 17.4 Å². The lowest BCUT2D eigenvalue weighted by atomic mass is 10.1. The molecule has 0 saturated heterocycles. The number of carbonyl (C=O) groups is 2. The maximum absolute atomic E-state index is 11.9. The van der Waals surface area contributed by atoms with Gasteiger partial charge in [0.05, 0.1) is 25.1 Å². The topological polar surface area (TPSA) is 88.5 Å². The van der Waals surface area contributed by atoms with Crippen molar-refractivity contribution in [3.63, 3.8) is 0 Å². The highest BCUT2D eigenvalue weighted by Crippen LogP contribution is 2.25. The van der Waals surface area contributed by atoms with Gasteiger partial charge in [-0.2, -0.15) is 0 Å². The number of amides is 1. The van der Waals surface area contributed by atoms with Gasteiger partial charge in [0.2, 0.25) is 5.91 Å². The number of aryl methyl sites for hydroxylation is 2. The lowest BCUT2D eigenvalue weighted by Gasteiger charge is -2.14. The van der Waals surface area contributed by atoms with Crippen LogP contribution in [0.5, 0.6) is 5.75 Å². The Bertz CT molecular complexity index is 770. The quantitative estimate of drug-likeness (QED) is 0.704. The van der Waals surface area contributed by atoms with Gasteiger partial charge in [0, 0.05) is 5.38 Å². The van der Waals surface area contributed by atoms with E-state index >= 15 is 0 Å². The summed E-state index contributed by atoms with van der Waals surface area (Å²) in [5.74, 6) is -0.217. The molecule has 6 nitrogen and oxygen atoms in total. The van der Waals surface area contributed by atoms with Crippen molar-refractivity contribution in [2.24, 2.45) is 0 Å². The SMILES string of the molecule is Cc1ccc(C)c(OCCNC(=O)Cc2nc(CC(=O)O)cs2)c1C. The molecule has 1 amide bonds. The van der Waals surface area contributed by atoms with E-state index in [1.54, 1.807) is 5.38 Å². The third kappa shape index (κ3) is 5.56. The molecule has 0 spiro atoms. The van der Waals surface area contributed by atoms with Gasteiger partial charge < -0.3 is 15.2 Å². The number of thiazole rings is 1. The molecule has 0 bridgehead atoms. The van der Waals surface area contributed by atoms with Crippen molar-refractivity contribution < 1.29 is 19.4 Å². The number of hydrogen-bond acceptors (Lipinski definition) is 5. The average Bonchev–Trinajstić information content (AvgIpc) is 2.96. The molecule has 25 heavy (non-hydrogen) atoms. The lowest BCUT2D eigenvalue weighted by molar-refractivity contribution is -0.136. The summed E-state index contributed by atoms with van der Waals surface area (Å²) in [6, 6.07) is 4.08. The van der Waals surface area contributed by atoms with Crippen LogP contribution in [0.3, 0.4) is 0 Å². The normalized spacial score (nSPS) is 10.5. The molecule has 134 valence electrons. The fourth-order valence-corrected chi connectivity index (χ4v) is 3.15. The van der Waals surface area contributed by atoms with E-state index in [4.69, 9.17) is 9.84 Å². The second kappa shape index (κ2) is 8.62. The largest absolute Gasteiger partial charge is 0.491 e. The Morgan fingerprint density at radius 3 is 2.64 bits per heavy atom. The first-order valence-corrected chi connectivity index (χ1v) is 8.86. The molecule has 0 aliphatic rings. The number of benzene rings is 1. The molecular weight excluding hydrogens is 340 g/mol. The van der Waals surface area contributed by atoms with Gasteiger partial charge >= 0.3 is 5.97 Å². The zero-order valence-corrected chi connectivity index (χ0v) is 15.4. The van der Waals surface area contributed by atoms with E-state index in [1.807, 2.05) is 26.8 Å². The van der Waals surface area contributed by atoms with Gasteiger partial charge in [-0.05, 0) is 37.5 Å². The Morgan fingerprint density at radius 1 is 1.20 bits per heavy atom. The molecule has 0 aliphatic carbocycles. The van der Waals surface area contributed by atoms with Crippen LogP contribution in [0, 0.1) is 20.8 Å². The molecule has 2 rings (SSSR count). The van der Waals surface area contributed by atoms with Crippen LogP contribution in [0.4, 0.5) is 0 Å². The Kier molecular flexibility index (Phi) is 6.52. The molecule has 1 heterocycles. The third-order valence-electron chi connectivity index (χ3n) is 3.79. The summed E-state index contributed by atoms with van der Waals surface area (Å²) in [6.45, 7) is 6.85. The minimum absolute atomic E-state index is 0.124. The van der Waals surface area contributed by atoms with Crippen LogP contribution in [0.2, 0.25) is 0 Å². The maximum atomic E-state index is 11.9. The number of nitrogens with one attached hydrogen (secondary N) is 1. The highest BCUT2D eigenvalue weighted by molar-refractivity contribution is 7.09. The van der Waals surface area contributed by atoms with Crippen molar-refractivity contribution in [1.82, 2.24) is 10.3 Å². The van der Waals surface area contributed by atoms with Crippen molar-refractivity contribution in [3.05, 3.63) is 44.9 Å². The molecule has 2 aromatic rings. The van der Waals surface area contributed by atoms with E-state index in [-0.39, 0.29) is 18.7 Å². The summed E-state index contributed by atoms with van der Waals surface area (Å²) in [6.07, 6.45) is 0.0218. The number of hydrogen-bond donors (Lipinski definition) is 2. The first-order chi connectivity index (χ1) is 11.9. The van der Waals surface area contributed by atoms with E-state index in [2.05, 4.69) is 16.4 Å². The standard InChI is InChI=1S/C18H22N2O4S/c1-11-4-5-12(2)18(13(11)3)24-7-6-19-15(21)9-16-20-14(10-25-16)8-17(22)23/h4-5,10H,6-9H2,1-3H3,(H,19,21)(H,22,23). The van der Waals surface area contributed by atoms with E-state index in [0.717, 1.165) is 16.9 Å². The second-order valence-electron chi connectivity index (χ2n) is 5.83. The molecular formula is C18H22N2O4S. The molecule has 7 heteroatoms. The Morgan fingerprint density at radius 2 is 1.92 bits per heavy atom. The van der Waals surface area contributed by atoms with Gasteiger partial charge in [-0.3, -0.25) is 9.59 Å². The van der Waals surface area contributed by atoms with Crippen LogP contribution in [0.1, 0.15) is 27.4 Å². The van der Waals surface area contributed by atoms with E-state index in [9.17, 15) is 9.59 Å². The molecule has 0 atom stereocenters. The number of rotatable bonds is 8. The number of carbonyl (C=O) groups excluding carboxylic acids is 1. The van der Waals surface area contributed by atoms with Gasteiger partial charge in [0.15, 0.2) is 0 Å². The number of nitrogens with zero attached hydrogens (tertiary/aromatic N) is 1. The van der Waals surface area contributed by atoms with Crippen LogP contribution >= 0.6 is 11.3 Å². The van der Waals surface area contributed by atoms with Gasteiger partial charge in [-0.25, -0.2) is 4.98 Å². The van der Waals surface area contributed by atoms with Crippen molar-refractivity contribution >= 4 is 23.2 Å². The zero-order valence-electron chi connectivity index (χ0n) is 14.6. The van der Waals surface area contributed by atoms with E-state index < -0.39 is 5.97 Å². The summed E-state index contributed by atoms with van der Waals surface area (Å²) in [4.78, 5) is 26.7. The lowest BCUT2D eigenvalue weighted by Crippen LogP contribution is -2.29. The number of aromatic nitrogens is 1. The fraction of sp³-hybridized carbons (Fsp3) is 0.389. The van der Waals surface area contributed by atoms with Crippen molar-refractivity contribution in [3.8, 4) is 5.75 Å². The number of aliphatic carboxylic acids is 1. The molecule has 0 saturated carbocycles. The first-order valence-electron chi connectivity index (χ1n) is 7.98. The van der Waals surface area contributed by atoms with Crippen molar-refractivity contribution in [2.45, 2.75) is 33.6 Å². The Labute approximate surface area is 150 Å². The molecule has 0 radical (unpaired) electrons. The van der Waals surface area contributed by atoms with Crippen LogP contribution < -0.4 is 10.1 Å². The molecule has 0 unspecified atom stereocenters. The second-order valence-corrected chi connectivity index (χ2v) is 6.77. The molecule has 2 N–H and O–H groups in total. The van der Waals surface area contributed by atoms with Crippen LogP contribution in [0.15, 0.2) is 17.5 Å². The fourth-order valence-electron chi connectivity index (χ4n) is 2.36. The molecule has 0 fully saturated rings. The number of carboxylic acids is 1. The smallest absolute Gasteiger partial charge is 0.309 e. The minimum atomic E-state index is -0.930. The summed E-state index contributed by atoms with van der Waals surface area (Å²) in [5, 5.41) is 13.8. The highest BCUT2D eigenvalue weighted by atomic mass is 32.1. The molecule has 0 aliphatic heterocycles. The molecule has 1 aromatic carbocycles. The van der Waals surface area contributed by atoms with E-state index in [1.165, 1.54) is 16.9 Å². The summed E-state index contributed by atoms with van der Waals surface area (Å²) < 4.78 is 5.80. The predicted molar refractivity (Wildman–Crippen MR) is 96.3 cm³/mol. The van der Waals surface area contributed by atoms with Crippen LogP contribution in [-0.4, -0.2) is 35.1 Å². The van der Waals surface area contributed by atoms with Crippen LogP contribution in [-0.2, 0) is 22.4 Å². The monoisotopic (exact) mass is 362 g/mol. The summed E-state index contributed by atoms with van der Waals surface area (Å²) in [5.41, 5.74) is 3.84. The maximum Gasteiger partial charge on any atom is 0.309 e. The summed E-state index contributed by atoms with van der Waals surface area (Å²) in [7, 11) is 0. The summed E-state index contributed by atoms with van der Waals surface area (Å²) >= 11 is 1.29. The Balaban J connectivity index is 1.77. The van der Waals surface area contributed by atoms with Crippen molar-refractivity contribution in [2.75, 3.05) is 13.2 Å². The van der Waals surface area contributed by atoms with Gasteiger partial charge in [0.25, 0.3) is 0 Å². The Hall–Kier alpha value is -2.41. The molecule has 1 aromatic heterocycles. The number of ether oxygens (including phenoxy) is 1. The highest BCUT2D eigenvalue weighted by Gasteiger charge is 2.10. The first kappa shape index (κ1) is 18.9. The van der Waals surface area contributed by atoms with Gasteiger partial charge in [-0.15, -0.1) is 11.3 Å². The van der Waals surface area contributed by atoms with Crippen molar-refractivity contribution in [1.29, 1.82) is 0 Å². The number of carboxylic acid groups (broad SMARTS) is 1. The predicted octanol–water partition coefficient (Wildman–Crippen LogP) is 2.43.